The van der Waals surface area contributed by atoms with E-state index in [-0.39, 0.29) is 30.3 Å². The Kier molecular flexibility index (Phi) is 6.88. The van der Waals surface area contributed by atoms with Crippen LogP contribution < -0.4 is 15.4 Å². The Morgan fingerprint density at radius 1 is 1.28 bits per heavy atom. The number of hydrogen-bond donors (Lipinski definition) is 3. The van der Waals surface area contributed by atoms with Crippen molar-refractivity contribution in [3.63, 3.8) is 0 Å². The highest BCUT2D eigenvalue weighted by Crippen LogP contribution is 2.42. The minimum absolute atomic E-state index is 0.0758. The molecule has 2 amide bonds. The Labute approximate surface area is 207 Å². The first kappa shape index (κ1) is 25.4. The lowest BCUT2D eigenvalue weighted by atomic mass is 9.99. The van der Waals surface area contributed by atoms with Gasteiger partial charge in [0.2, 0.25) is 0 Å². The predicted molar refractivity (Wildman–Crippen MR) is 130 cm³/mol. The summed E-state index contributed by atoms with van der Waals surface area (Å²) in [6, 6.07) is 4.47. The zero-order chi connectivity index (χ0) is 26.2. The third-order valence-electron chi connectivity index (χ3n) is 6.65. The number of aryl methyl sites for hydroxylation is 2. The van der Waals surface area contributed by atoms with Crippen LogP contribution in [0.3, 0.4) is 0 Å². The Morgan fingerprint density at radius 3 is 2.64 bits per heavy atom. The number of hydrogen-bond acceptors (Lipinski definition) is 4. The highest BCUT2D eigenvalue weighted by molar-refractivity contribution is 5.95. The van der Waals surface area contributed by atoms with Crippen LogP contribution in [0.15, 0.2) is 24.4 Å². The Morgan fingerprint density at radius 2 is 2.00 bits per heavy atom. The molecule has 1 unspecified atom stereocenters. The van der Waals surface area contributed by atoms with E-state index in [2.05, 4.69) is 15.6 Å². The summed E-state index contributed by atoms with van der Waals surface area (Å²) in [5.74, 6) is -1.26. The lowest BCUT2D eigenvalue weighted by Crippen LogP contribution is -2.52. The van der Waals surface area contributed by atoms with Crippen molar-refractivity contribution in [3.05, 3.63) is 64.1 Å². The zero-order valence-corrected chi connectivity index (χ0v) is 20.7. The fraction of sp³-hybridized carbons (Fsp3) is 0.423. The van der Waals surface area contributed by atoms with E-state index in [0.29, 0.717) is 29.1 Å². The molecular formula is C26H30F2N4O4. The molecule has 1 atom stereocenters. The topological polar surface area (TPSA) is 105 Å². The van der Waals surface area contributed by atoms with Crippen LogP contribution in [0.1, 0.15) is 71.9 Å². The van der Waals surface area contributed by atoms with E-state index in [1.54, 1.807) is 30.5 Å². The van der Waals surface area contributed by atoms with Crippen LogP contribution >= 0.6 is 0 Å². The number of aromatic nitrogens is 2. The number of nitrogens with one attached hydrogen (secondary N) is 2. The molecule has 0 radical (unpaired) electrons. The van der Waals surface area contributed by atoms with Crippen LogP contribution in [-0.4, -0.2) is 38.6 Å². The first-order valence-corrected chi connectivity index (χ1v) is 11.9. The number of carbonyl (C=O) groups excluding carboxylic acids is 1. The molecule has 0 spiro atoms. The third kappa shape index (κ3) is 5.12. The molecule has 1 aliphatic carbocycles. The number of carboxylic acid groups (broad SMARTS) is 1. The summed E-state index contributed by atoms with van der Waals surface area (Å²) < 4.78 is 36.8. The molecule has 1 aromatic carbocycles. The van der Waals surface area contributed by atoms with Crippen molar-refractivity contribution >= 4 is 17.6 Å². The maximum Gasteiger partial charge on any atom is 0.405 e. The van der Waals surface area contributed by atoms with Gasteiger partial charge in [-0.3, -0.25) is 9.20 Å². The first-order chi connectivity index (χ1) is 17.0. The number of benzene rings is 1. The second-order valence-corrected chi connectivity index (χ2v) is 9.64. The van der Waals surface area contributed by atoms with E-state index in [9.17, 15) is 18.4 Å². The first-order valence-electron chi connectivity index (χ1n) is 11.9. The van der Waals surface area contributed by atoms with Crippen LogP contribution in [-0.2, 0) is 6.61 Å². The summed E-state index contributed by atoms with van der Waals surface area (Å²) in [4.78, 5) is 28.7. The third-order valence-corrected chi connectivity index (χ3v) is 6.65. The molecule has 192 valence electrons. The molecule has 3 N–H and O–H groups in total. The summed E-state index contributed by atoms with van der Waals surface area (Å²) >= 11 is 0. The summed E-state index contributed by atoms with van der Waals surface area (Å²) in [6.07, 6.45) is 2.80. The van der Waals surface area contributed by atoms with Gasteiger partial charge in [0.25, 0.3) is 5.91 Å². The number of rotatable bonds is 9. The number of fused-ring (bicyclic) bond motifs is 1. The van der Waals surface area contributed by atoms with Crippen molar-refractivity contribution in [2.24, 2.45) is 0 Å². The molecule has 2 aromatic heterocycles. The van der Waals surface area contributed by atoms with E-state index in [1.165, 1.54) is 12.1 Å². The molecule has 0 aliphatic heterocycles. The largest absolute Gasteiger partial charge is 0.485 e. The van der Waals surface area contributed by atoms with Gasteiger partial charge in [-0.15, -0.1) is 0 Å². The number of nitrogens with zero attached hydrogens (tertiary/aromatic N) is 2. The van der Waals surface area contributed by atoms with E-state index in [0.717, 1.165) is 18.4 Å². The second-order valence-electron chi connectivity index (χ2n) is 9.64. The van der Waals surface area contributed by atoms with Crippen molar-refractivity contribution in [1.29, 1.82) is 0 Å². The molecule has 10 heteroatoms. The number of amides is 2. The van der Waals surface area contributed by atoms with Crippen molar-refractivity contribution < 1.29 is 28.2 Å². The number of halogens is 2. The zero-order valence-electron chi connectivity index (χ0n) is 20.7. The van der Waals surface area contributed by atoms with Crippen molar-refractivity contribution in [3.8, 4) is 5.75 Å². The molecule has 2 heterocycles. The van der Waals surface area contributed by atoms with Crippen molar-refractivity contribution in [2.45, 2.75) is 65.0 Å². The predicted octanol–water partition coefficient (Wildman–Crippen LogP) is 4.85. The highest BCUT2D eigenvalue weighted by atomic mass is 19.1. The second kappa shape index (κ2) is 9.75. The molecule has 1 aliphatic rings. The fourth-order valence-corrected chi connectivity index (χ4v) is 4.22. The van der Waals surface area contributed by atoms with E-state index in [4.69, 9.17) is 9.84 Å². The van der Waals surface area contributed by atoms with Crippen molar-refractivity contribution in [2.75, 3.05) is 6.54 Å². The van der Waals surface area contributed by atoms with Crippen LogP contribution in [0, 0.1) is 25.5 Å². The molecular weight excluding hydrogens is 470 g/mol. The van der Waals surface area contributed by atoms with Crippen LogP contribution in [0.4, 0.5) is 13.6 Å². The smallest absolute Gasteiger partial charge is 0.405 e. The monoisotopic (exact) mass is 500 g/mol. The SMILES string of the molecule is CCC(C)(CNC(=O)c1c(C)nc2c(OCc3c(F)ccc(C4CC4)c3F)cc(C)cn12)NC(=O)O. The number of pyridine rings is 1. The number of imidazole rings is 1. The molecule has 1 fully saturated rings. The fourth-order valence-electron chi connectivity index (χ4n) is 4.22. The quantitative estimate of drug-likeness (QED) is 0.390. The van der Waals surface area contributed by atoms with E-state index < -0.39 is 29.2 Å². The lowest BCUT2D eigenvalue weighted by molar-refractivity contribution is 0.0930. The Hall–Kier alpha value is -3.69. The molecule has 8 nitrogen and oxygen atoms in total. The molecule has 1 saturated carbocycles. The molecule has 4 rings (SSSR count). The Bertz CT molecular complexity index is 1340. The van der Waals surface area contributed by atoms with Gasteiger partial charge in [0.05, 0.1) is 16.8 Å². The Balaban J connectivity index is 1.60. The molecule has 3 aromatic rings. The summed E-state index contributed by atoms with van der Waals surface area (Å²) in [5.41, 5.74) is 1.32. The summed E-state index contributed by atoms with van der Waals surface area (Å²) in [5, 5.41) is 14.3. The van der Waals surface area contributed by atoms with Gasteiger partial charge < -0.3 is 20.5 Å². The number of ether oxygens (including phenoxy) is 1. The lowest BCUT2D eigenvalue weighted by Gasteiger charge is -2.28. The van der Waals surface area contributed by atoms with Crippen molar-refractivity contribution in [1.82, 2.24) is 20.0 Å². The maximum atomic E-state index is 14.9. The van der Waals surface area contributed by atoms with Crippen LogP contribution in [0.5, 0.6) is 5.75 Å². The normalized spacial score (nSPS) is 14.9. The van der Waals surface area contributed by atoms with Crippen LogP contribution in [0.25, 0.3) is 5.65 Å². The maximum absolute atomic E-state index is 14.9. The van der Waals surface area contributed by atoms with E-state index in [1.807, 2.05) is 13.8 Å². The van der Waals surface area contributed by atoms with Gasteiger partial charge in [0.15, 0.2) is 11.4 Å². The minimum Gasteiger partial charge on any atom is -0.485 e. The molecule has 0 saturated heterocycles. The molecule has 36 heavy (non-hydrogen) atoms. The average molecular weight is 501 g/mol. The van der Waals surface area contributed by atoms with Gasteiger partial charge >= 0.3 is 6.09 Å². The van der Waals surface area contributed by atoms with Gasteiger partial charge in [-0.05, 0) is 69.2 Å². The standard InChI is InChI=1S/C26H30F2N4O4/c1-5-26(4,31-25(34)35)13-29-24(33)22-15(3)30-23-20(10-14(2)11-32(22)23)36-12-18-19(27)9-8-17(21(18)28)16-6-7-16/h8-11,16,31H,5-7,12-13H2,1-4H3,(H,29,33)(H,34,35). The van der Waals surface area contributed by atoms with Gasteiger partial charge in [-0.25, -0.2) is 18.6 Å². The van der Waals surface area contributed by atoms with E-state index >= 15 is 0 Å². The van der Waals surface area contributed by atoms with Crippen LogP contribution in [0.2, 0.25) is 0 Å². The minimum atomic E-state index is -1.17. The summed E-state index contributed by atoms with van der Waals surface area (Å²) in [6.45, 7) is 6.76. The van der Waals surface area contributed by atoms with Gasteiger partial charge in [-0.2, -0.15) is 0 Å². The van der Waals surface area contributed by atoms with Gasteiger partial charge in [0, 0.05) is 12.7 Å². The molecule has 0 bridgehead atoms. The van der Waals surface area contributed by atoms with Gasteiger partial charge in [-0.1, -0.05) is 13.0 Å². The highest BCUT2D eigenvalue weighted by Gasteiger charge is 2.29. The van der Waals surface area contributed by atoms with Gasteiger partial charge in [0.1, 0.15) is 23.9 Å². The average Bonchev–Trinajstić information content (AvgIpc) is 3.59. The summed E-state index contributed by atoms with van der Waals surface area (Å²) in [7, 11) is 0. The number of carbonyl (C=O) groups is 2.